The van der Waals surface area contributed by atoms with Crippen LogP contribution in [-0.2, 0) is 24.9 Å². The molecule has 19 heavy (non-hydrogen) atoms. The van der Waals surface area contributed by atoms with Crippen LogP contribution in [0.3, 0.4) is 0 Å². The van der Waals surface area contributed by atoms with Crippen molar-refractivity contribution < 1.29 is 4.79 Å². The first kappa shape index (κ1) is 13.6. The van der Waals surface area contributed by atoms with Crippen LogP contribution in [-0.4, -0.2) is 25.5 Å². The number of aromatic nitrogens is 4. The van der Waals surface area contributed by atoms with Crippen molar-refractivity contribution in [3.05, 3.63) is 34.4 Å². The molecular formula is C12H16ClN5O. The number of nitrogens with zero attached hydrogens (tertiary/aromatic N) is 4. The van der Waals surface area contributed by atoms with Crippen molar-refractivity contribution in [3.8, 4) is 0 Å². The van der Waals surface area contributed by atoms with Gasteiger partial charge in [-0.05, 0) is 19.9 Å². The number of rotatable bonds is 4. The fourth-order valence-corrected chi connectivity index (χ4v) is 1.95. The molecule has 0 unspecified atom stereocenters. The highest BCUT2D eigenvalue weighted by Crippen LogP contribution is 2.11. The Balaban J connectivity index is 1.90. The van der Waals surface area contributed by atoms with E-state index in [9.17, 15) is 4.79 Å². The van der Waals surface area contributed by atoms with E-state index in [1.54, 1.807) is 17.8 Å². The van der Waals surface area contributed by atoms with Crippen molar-refractivity contribution in [1.29, 1.82) is 0 Å². The summed E-state index contributed by atoms with van der Waals surface area (Å²) in [6.07, 6.45) is 1.64. The molecule has 2 aromatic rings. The molecule has 2 rings (SSSR count). The number of aryl methyl sites for hydroxylation is 3. The van der Waals surface area contributed by atoms with Crippen LogP contribution in [0.25, 0.3) is 0 Å². The average Bonchev–Trinajstić information content (AvgIpc) is 2.79. The third-order valence-corrected chi connectivity index (χ3v) is 3.13. The lowest BCUT2D eigenvalue weighted by atomic mass is 10.3. The number of carbonyl (C=O) groups excluding carboxylic acids is 1. The van der Waals surface area contributed by atoms with Crippen LogP contribution in [0.4, 0.5) is 0 Å². The Kier molecular flexibility index (Phi) is 3.90. The second-order valence-corrected chi connectivity index (χ2v) is 4.84. The summed E-state index contributed by atoms with van der Waals surface area (Å²) < 4.78 is 3.28. The largest absolute Gasteiger partial charge is 0.349 e. The molecule has 0 saturated heterocycles. The van der Waals surface area contributed by atoms with Gasteiger partial charge < -0.3 is 5.32 Å². The van der Waals surface area contributed by atoms with Crippen molar-refractivity contribution in [3.63, 3.8) is 0 Å². The maximum Gasteiger partial charge on any atom is 0.242 e. The molecule has 0 atom stereocenters. The van der Waals surface area contributed by atoms with Crippen LogP contribution in [0.15, 0.2) is 12.3 Å². The number of nitrogens with one attached hydrogen (secondary N) is 1. The third kappa shape index (κ3) is 3.35. The van der Waals surface area contributed by atoms with E-state index in [0.29, 0.717) is 11.6 Å². The maximum absolute atomic E-state index is 11.8. The van der Waals surface area contributed by atoms with Crippen molar-refractivity contribution in [2.75, 3.05) is 0 Å². The van der Waals surface area contributed by atoms with Crippen molar-refractivity contribution in [2.24, 2.45) is 7.05 Å². The molecule has 0 radical (unpaired) electrons. The maximum atomic E-state index is 11.8. The first-order valence-electron chi connectivity index (χ1n) is 5.91. The van der Waals surface area contributed by atoms with Crippen LogP contribution in [0.1, 0.15) is 17.1 Å². The van der Waals surface area contributed by atoms with E-state index in [2.05, 4.69) is 15.5 Å². The Hall–Kier alpha value is -1.82. The minimum atomic E-state index is -0.113. The summed E-state index contributed by atoms with van der Waals surface area (Å²) in [5.41, 5.74) is 2.61. The molecule has 0 aliphatic carbocycles. The van der Waals surface area contributed by atoms with Crippen LogP contribution in [0.2, 0.25) is 5.02 Å². The molecule has 0 aliphatic heterocycles. The monoisotopic (exact) mass is 281 g/mol. The summed E-state index contributed by atoms with van der Waals surface area (Å²) >= 11 is 5.88. The first-order valence-corrected chi connectivity index (χ1v) is 6.29. The van der Waals surface area contributed by atoms with E-state index >= 15 is 0 Å². The van der Waals surface area contributed by atoms with Crippen molar-refractivity contribution >= 4 is 17.5 Å². The van der Waals surface area contributed by atoms with Gasteiger partial charge >= 0.3 is 0 Å². The molecule has 0 saturated carbocycles. The van der Waals surface area contributed by atoms with Crippen molar-refractivity contribution in [2.45, 2.75) is 26.9 Å². The zero-order chi connectivity index (χ0) is 14.0. The Morgan fingerprint density at radius 2 is 2.16 bits per heavy atom. The van der Waals surface area contributed by atoms with E-state index in [0.717, 1.165) is 17.1 Å². The summed E-state index contributed by atoms with van der Waals surface area (Å²) in [5, 5.41) is 11.7. The van der Waals surface area contributed by atoms with Gasteiger partial charge in [-0.1, -0.05) is 11.6 Å². The molecule has 0 aliphatic rings. The molecule has 2 aromatic heterocycles. The highest BCUT2D eigenvalue weighted by atomic mass is 35.5. The highest BCUT2D eigenvalue weighted by molar-refractivity contribution is 6.31. The SMILES string of the molecule is Cc1cc(CNC(=O)Cn2cc(Cl)c(C)n2)n(C)n1. The molecule has 102 valence electrons. The van der Waals surface area contributed by atoms with Gasteiger partial charge in [0.1, 0.15) is 6.54 Å². The van der Waals surface area contributed by atoms with Gasteiger partial charge in [-0.2, -0.15) is 10.2 Å². The van der Waals surface area contributed by atoms with Crippen LogP contribution >= 0.6 is 11.6 Å². The summed E-state index contributed by atoms with van der Waals surface area (Å²) in [6.45, 7) is 4.32. The van der Waals surface area contributed by atoms with E-state index in [4.69, 9.17) is 11.6 Å². The van der Waals surface area contributed by atoms with Crippen LogP contribution in [0.5, 0.6) is 0 Å². The number of amides is 1. The lowest BCUT2D eigenvalue weighted by Crippen LogP contribution is -2.28. The lowest BCUT2D eigenvalue weighted by Gasteiger charge is -2.05. The zero-order valence-electron chi connectivity index (χ0n) is 11.1. The van der Waals surface area contributed by atoms with E-state index in [1.165, 1.54) is 4.68 Å². The minimum Gasteiger partial charge on any atom is -0.349 e. The van der Waals surface area contributed by atoms with E-state index in [1.807, 2.05) is 20.0 Å². The van der Waals surface area contributed by atoms with E-state index in [-0.39, 0.29) is 12.5 Å². The van der Waals surface area contributed by atoms with Gasteiger partial charge in [0.2, 0.25) is 5.91 Å². The Morgan fingerprint density at radius 3 is 2.68 bits per heavy atom. The standard InChI is InChI=1S/C12H16ClN5O/c1-8-4-10(17(3)15-8)5-14-12(19)7-18-6-11(13)9(2)16-18/h4,6H,5,7H2,1-3H3,(H,14,19). The average molecular weight is 282 g/mol. The number of hydrogen-bond acceptors (Lipinski definition) is 3. The summed E-state index contributed by atoms with van der Waals surface area (Å²) in [7, 11) is 1.85. The third-order valence-electron chi connectivity index (χ3n) is 2.76. The number of carbonyl (C=O) groups is 1. The fourth-order valence-electron chi connectivity index (χ4n) is 1.80. The smallest absolute Gasteiger partial charge is 0.242 e. The minimum absolute atomic E-state index is 0.113. The molecular weight excluding hydrogens is 266 g/mol. The molecule has 6 nitrogen and oxygen atoms in total. The Bertz CT molecular complexity index is 582. The molecule has 1 amide bonds. The van der Waals surface area contributed by atoms with Crippen LogP contribution in [0, 0.1) is 13.8 Å². The van der Waals surface area contributed by atoms with Gasteiger partial charge in [0, 0.05) is 13.2 Å². The number of halogens is 1. The highest BCUT2D eigenvalue weighted by Gasteiger charge is 2.08. The molecule has 7 heteroatoms. The van der Waals surface area contributed by atoms with E-state index < -0.39 is 0 Å². The second-order valence-electron chi connectivity index (χ2n) is 4.44. The first-order chi connectivity index (χ1) is 8.95. The molecule has 2 heterocycles. The molecule has 0 fully saturated rings. The zero-order valence-corrected chi connectivity index (χ0v) is 11.9. The Labute approximate surface area is 116 Å². The van der Waals surface area contributed by atoms with Gasteiger partial charge in [-0.3, -0.25) is 14.2 Å². The Morgan fingerprint density at radius 1 is 1.42 bits per heavy atom. The van der Waals surface area contributed by atoms with Gasteiger partial charge in [0.25, 0.3) is 0 Å². The van der Waals surface area contributed by atoms with Crippen molar-refractivity contribution in [1.82, 2.24) is 24.9 Å². The van der Waals surface area contributed by atoms with Gasteiger partial charge in [0.15, 0.2) is 0 Å². The normalized spacial score (nSPS) is 10.7. The summed E-state index contributed by atoms with van der Waals surface area (Å²) in [4.78, 5) is 11.8. The topological polar surface area (TPSA) is 64.7 Å². The predicted molar refractivity (Wildman–Crippen MR) is 71.8 cm³/mol. The molecule has 0 spiro atoms. The molecule has 1 N–H and O–H groups in total. The molecule has 0 bridgehead atoms. The molecule has 0 aromatic carbocycles. The fraction of sp³-hybridized carbons (Fsp3) is 0.417. The van der Waals surface area contributed by atoms with Gasteiger partial charge in [-0.25, -0.2) is 0 Å². The van der Waals surface area contributed by atoms with Gasteiger partial charge in [0.05, 0.1) is 28.6 Å². The summed E-state index contributed by atoms with van der Waals surface area (Å²) in [6, 6.07) is 1.94. The number of hydrogen-bond donors (Lipinski definition) is 1. The predicted octanol–water partition coefficient (Wildman–Crippen LogP) is 1.20. The summed E-state index contributed by atoms with van der Waals surface area (Å²) in [5.74, 6) is -0.113. The second kappa shape index (κ2) is 5.44. The van der Waals surface area contributed by atoms with Crippen LogP contribution < -0.4 is 5.32 Å². The quantitative estimate of drug-likeness (QED) is 0.916. The van der Waals surface area contributed by atoms with Gasteiger partial charge in [-0.15, -0.1) is 0 Å². The lowest BCUT2D eigenvalue weighted by molar-refractivity contribution is -0.122.